The summed E-state index contributed by atoms with van der Waals surface area (Å²) < 4.78 is 2.45. The fourth-order valence-electron chi connectivity index (χ4n) is 2.78. The average Bonchev–Trinajstić information content (AvgIpc) is 2.64. The van der Waals surface area contributed by atoms with E-state index in [9.17, 15) is 19.8 Å². The number of aromatic carboxylic acids is 1. The van der Waals surface area contributed by atoms with E-state index in [1.54, 1.807) is 36.4 Å². The molecule has 3 rings (SSSR count). The Kier molecular flexibility index (Phi) is 9.69. The molecule has 0 atom stereocenters. The van der Waals surface area contributed by atoms with Crippen molar-refractivity contribution in [1.82, 2.24) is 0 Å². The van der Waals surface area contributed by atoms with Crippen LogP contribution < -0.4 is 29.6 Å². The van der Waals surface area contributed by atoms with Crippen molar-refractivity contribution < 1.29 is 50.8 Å². The monoisotopic (exact) mass is 846 g/mol. The van der Waals surface area contributed by atoms with Gasteiger partial charge in [0.05, 0.1) is 19.9 Å². The van der Waals surface area contributed by atoms with Gasteiger partial charge in [0.2, 0.25) is 5.78 Å². The van der Waals surface area contributed by atoms with Gasteiger partial charge in [-0.2, -0.15) is 0 Å². The largest absolute Gasteiger partial charge is 1.00 e. The van der Waals surface area contributed by atoms with E-state index < -0.39 is 5.97 Å². The van der Waals surface area contributed by atoms with Crippen LogP contribution in [0.5, 0.6) is 5.75 Å². The van der Waals surface area contributed by atoms with Gasteiger partial charge < -0.3 is 11.6 Å². The van der Waals surface area contributed by atoms with Gasteiger partial charge in [-0.05, 0) is 143 Å². The number of Topliss-reactive ketones (excluding diaryl/α,β-unsaturated/α-hetero) is 1. The third kappa shape index (κ3) is 5.66. The maximum Gasteiger partial charge on any atom is 1.00 e. The van der Waals surface area contributed by atoms with Crippen LogP contribution in [0.2, 0.25) is 0 Å². The molecule has 0 aliphatic heterocycles. The summed E-state index contributed by atoms with van der Waals surface area (Å²) in [6, 6.07) is 10.4. The van der Waals surface area contributed by atoms with Gasteiger partial charge in [-0.25, -0.2) is 4.79 Å². The van der Waals surface area contributed by atoms with E-state index in [0.717, 1.165) is 11.1 Å². The number of halogens is 4. The van der Waals surface area contributed by atoms with Crippen molar-refractivity contribution >= 4 is 108 Å². The van der Waals surface area contributed by atoms with E-state index in [1.807, 2.05) is 57.3 Å². The van der Waals surface area contributed by atoms with Crippen LogP contribution in [0, 0.1) is 7.14 Å². The Hall–Kier alpha value is 0.520. The zero-order chi connectivity index (χ0) is 20.6. The fourth-order valence-corrected chi connectivity index (χ4v) is 6.32. The van der Waals surface area contributed by atoms with Gasteiger partial charge in [-0.3, -0.25) is 4.79 Å². The molecule has 2 N–H and O–H groups in total. The van der Waals surface area contributed by atoms with E-state index >= 15 is 0 Å². The fraction of sp³-hybridized carbons (Fsp3) is 0. The Bertz CT molecular complexity index is 1080. The van der Waals surface area contributed by atoms with Crippen LogP contribution in [0.1, 0.15) is 22.9 Å². The number of benzene rings is 2. The van der Waals surface area contributed by atoms with Crippen LogP contribution >= 0.6 is 90.4 Å². The number of aromatic hydroxyl groups is 1. The summed E-state index contributed by atoms with van der Waals surface area (Å²) in [5.74, 6) is -0.887. The van der Waals surface area contributed by atoms with Gasteiger partial charge in [0.1, 0.15) is 5.75 Å². The molecule has 0 heterocycles. The van der Waals surface area contributed by atoms with Crippen molar-refractivity contribution in [3.8, 4) is 5.75 Å². The average molecular weight is 846 g/mol. The van der Waals surface area contributed by atoms with Gasteiger partial charge in [0.15, 0.2) is 0 Å². The van der Waals surface area contributed by atoms with E-state index in [4.69, 9.17) is 0 Å². The zero-order valence-corrected chi connectivity index (χ0v) is 25.5. The second-order valence-corrected chi connectivity index (χ2v) is 10.4. The predicted molar refractivity (Wildman–Crippen MR) is 143 cm³/mol. The Morgan fingerprint density at radius 2 is 1.38 bits per heavy atom. The van der Waals surface area contributed by atoms with E-state index in [-0.39, 0.29) is 48.1 Å². The smallest absolute Gasteiger partial charge is 1.00 e. The van der Waals surface area contributed by atoms with Crippen molar-refractivity contribution in [3.05, 3.63) is 85.1 Å². The van der Waals surface area contributed by atoms with Gasteiger partial charge in [0, 0.05) is 0 Å². The first-order valence-electron chi connectivity index (χ1n) is 7.75. The Morgan fingerprint density at radius 3 is 1.86 bits per heavy atom. The van der Waals surface area contributed by atoms with Crippen LogP contribution in [0.3, 0.4) is 0 Å². The summed E-state index contributed by atoms with van der Waals surface area (Å²) in [7, 11) is 0. The first-order valence-corrected chi connectivity index (χ1v) is 12.1. The molecular formula is C20H11I4NaO4. The number of hydrogen-bond acceptors (Lipinski definition) is 3. The third-order valence-electron chi connectivity index (χ3n) is 4.02. The van der Waals surface area contributed by atoms with Crippen LogP contribution in [0.25, 0.3) is 5.57 Å². The van der Waals surface area contributed by atoms with Crippen molar-refractivity contribution in [2.75, 3.05) is 0 Å². The number of carbonyl (C=O) groups is 2. The quantitative estimate of drug-likeness (QED) is 0.368. The van der Waals surface area contributed by atoms with Gasteiger partial charge >= 0.3 is 35.5 Å². The van der Waals surface area contributed by atoms with E-state index in [0.29, 0.717) is 25.4 Å². The number of phenols is 1. The minimum Gasteiger partial charge on any atom is -1.00 e. The van der Waals surface area contributed by atoms with Gasteiger partial charge in [0.25, 0.3) is 0 Å². The Labute approximate surface area is 245 Å². The summed E-state index contributed by atoms with van der Waals surface area (Å²) in [5, 5.41) is 19.9. The summed E-state index contributed by atoms with van der Waals surface area (Å²) in [6.07, 6.45) is 3.54. The van der Waals surface area contributed by atoms with Crippen molar-refractivity contribution in [2.45, 2.75) is 0 Å². The maximum atomic E-state index is 12.2. The van der Waals surface area contributed by atoms with Gasteiger partial charge in [-0.15, -0.1) is 0 Å². The first kappa shape index (κ1) is 25.8. The number of rotatable bonds is 3. The number of ketones is 1. The van der Waals surface area contributed by atoms with Crippen molar-refractivity contribution in [2.24, 2.45) is 0 Å². The summed E-state index contributed by atoms with van der Waals surface area (Å²) in [4.78, 5) is 24.0. The number of phenolic OH excluding ortho intramolecular Hbond substituents is 1. The molecule has 1 aliphatic carbocycles. The molecule has 1 aliphatic rings. The molecule has 0 amide bonds. The Morgan fingerprint density at radius 1 is 0.897 bits per heavy atom. The predicted octanol–water partition coefficient (Wildman–Crippen LogP) is 3.44. The third-order valence-corrected chi connectivity index (χ3v) is 7.27. The molecule has 2 aromatic carbocycles. The van der Waals surface area contributed by atoms with Crippen LogP contribution in [0.15, 0.2) is 61.3 Å². The molecule has 0 fully saturated rings. The van der Waals surface area contributed by atoms with E-state index in [1.165, 1.54) is 0 Å². The normalized spacial score (nSPS) is 13.4. The van der Waals surface area contributed by atoms with Gasteiger partial charge in [-0.1, -0.05) is 18.2 Å². The number of allylic oxidation sites excluding steroid dienone is 5. The molecule has 0 saturated carbocycles. The molecule has 4 nitrogen and oxygen atoms in total. The second kappa shape index (κ2) is 10.9. The van der Waals surface area contributed by atoms with Crippen molar-refractivity contribution in [1.29, 1.82) is 0 Å². The van der Waals surface area contributed by atoms with Crippen LogP contribution in [-0.2, 0) is 4.79 Å². The molecule has 2 aromatic rings. The summed E-state index contributed by atoms with van der Waals surface area (Å²) in [6.45, 7) is 0. The van der Waals surface area contributed by atoms with Crippen molar-refractivity contribution in [3.63, 3.8) is 0 Å². The molecule has 9 heteroatoms. The minimum absolute atomic E-state index is 0. The second-order valence-electron chi connectivity index (χ2n) is 5.78. The molecule has 0 radical (unpaired) electrons. The number of hydrogen-bond donors (Lipinski definition) is 2. The molecule has 0 bridgehead atoms. The molecule has 144 valence electrons. The van der Waals surface area contributed by atoms with Crippen LogP contribution in [0.4, 0.5) is 0 Å². The maximum absolute atomic E-state index is 12.2. The molecule has 0 saturated heterocycles. The molecule has 0 aromatic heterocycles. The number of carbonyl (C=O) groups excluding carboxylic acids is 1. The Balaban J connectivity index is 0.00000225. The molecule has 0 unspecified atom stereocenters. The topological polar surface area (TPSA) is 74.6 Å². The van der Waals surface area contributed by atoms with Crippen LogP contribution in [-0.4, -0.2) is 22.0 Å². The van der Waals surface area contributed by atoms with E-state index in [2.05, 4.69) is 45.2 Å². The molecule has 0 spiro atoms. The molecular weight excluding hydrogens is 835 g/mol. The number of carboxylic acids is 1. The number of carboxylic acid groups (broad SMARTS) is 1. The first-order chi connectivity index (χ1) is 13.2. The molecule has 29 heavy (non-hydrogen) atoms. The summed E-state index contributed by atoms with van der Waals surface area (Å²) >= 11 is 8.10. The summed E-state index contributed by atoms with van der Waals surface area (Å²) in [5.41, 5.74) is 2.94. The minimum atomic E-state index is -1.03. The SMILES string of the molecule is O=C1C(I)=CC(=C(c2cc(I)c(O)c(I)c2)c2ccccc2C(=O)O)C=C1I.[H-].[Na+]. The standard InChI is InChI=1S/C20H10I4O4.Na.H/c21-13-5-9(6-14(22)18(13)25)17(10-7-15(23)19(26)16(24)8-10)11-3-1-2-4-12(11)20(27)28;;/h1-8,25H,(H,27,28);;/q;+1;-1. The zero-order valence-electron chi connectivity index (χ0n) is 15.8.